The minimum Gasteiger partial charge on any atom is -0.377 e. The maximum atomic E-state index is 5.80. The van der Waals surface area contributed by atoms with Crippen LogP contribution in [0.2, 0.25) is 0 Å². The van der Waals surface area contributed by atoms with Crippen LogP contribution in [0.5, 0.6) is 0 Å². The van der Waals surface area contributed by atoms with Crippen molar-refractivity contribution in [2.75, 3.05) is 6.61 Å². The molecule has 1 nitrogen and oxygen atoms in total. The van der Waals surface area contributed by atoms with Gasteiger partial charge in [0.15, 0.2) is 0 Å². The molecule has 3 atom stereocenters. The standard InChI is InChI=1S/C14H16O/c1-2-4-11(5-3-1)10-13-7-6-12-8-9-15-14(12)13/h1-7,12-14H,8-10H2. The van der Waals surface area contributed by atoms with Crippen LogP contribution in [0.4, 0.5) is 0 Å². The number of hydrogen-bond acceptors (Lipinski definition) is 1. The van der Waals surface area contributed by atoms with E-state index in [0.29, 0.717) is 17.9 Å². The molecular formula is C14H16O. The monoisotopic (exact) mass is 200 g/mol. The molecule has 1 aromatic carbocycles. The van der Waals surface area contributed by atoms with E-state index < -0.39 is 0 Å². The molecule has 1 aromatic rings. The second-order valence-electron chi connectivity index (χ2n) is 4.53. The van der Waals surface area contributed by atoms with Crippen molar-refractivity contribution in [3.8, 4) is 0 Å². The minimum absolute atomic E-state index is 0.463. The van der Waals surface area contributed by atoms with Crippen LogP contribution in [-0.4, -0.2) is 12.7 Å². The zero-order valence-electron chi connectivity index (χ0n) is 8.80. The van der Waals surface area contributed by atoms with Gasteiger partial charge in [-0.1, -0.05) is 42.5 Å². The molecule has 15 heavy (non-hydrogen) atoms. The Kier molecular flexibility index (Phi) is 2.34. The SMILES string of the molecule is C1=CC(Cc2ccccc2)C2OCCC12. The van der Waals surface area contributed by atoms with Gasteiger partial charge in [-0.25, -0.2) is 0 Å². The maximum absolute atomic E-state index is 5.80. The Hall–Kier alpha value is -1.08. The van der Waals surface area contributed by atoms with E-state index in [9.17, 15) is 0 Å². The summed E-state index contributed by atoms with van der Waals surface area (Å²) in [5, 5.41) is 0. The lowest BCUT2D eigenvalue weighted by Crippen LogP contribution is -2.20. The van der Waals surface area contributed by atoms with Crippen molar-refractivity contribution in [2.45, 2.75) is 18.9 Å². The van der Waals surface area contributed by atoms with E-state index >= 15 is 0 Å². The van der Waals surface area contributed by atoms with Gasteiger partial charge in [-0.15, -0.1) is 0 Å². The van der Waals surface area contributed by atoms with Gasteiger partial charge in [0, 0.05) is 18.4 Å². The number of hydrogen-bond donors (Lipinski definition) is 0. The van der Waals surface area contributed by atoms with E-state index in [0.717, 1.165) is 13.0 Å². The molecule has 0 spiro atoms. The van der Waals surface area contributed by atoms with E-state index in [1.165, 1.54) is 12.0 Å². The highest BCUT2D eigenvalue weighted by Crippen LogP contribution is 2.36. The molecule has 1 saturated heterocycles. The Morgan fingerprint density at radius 2 is 2.00 bits per heavy atom. The van der Waals surface area contributed by atoms with Crippen LogP contribution >= 0.6 is 0 Å². The van der Waals surface area contributed by atoms with Crippen LogP contribution in [0.25, 0.3) is 0 Å². The zero-order chi connectivity index (χ0) is 10.1. The molecule has 0 bridgehead atoms. The molecular weight excluding hydrogens is 184 g/mol. The fourth-order valence-corrected chi connectivity index (χ4v) is 2.74. The van der Waals surface area contributed by atoms with Gasteiger partial charge in [-0.2, -0.15) is 0 Å². The summed E-state index contributed by atoms with van der Waals surface area (Å²) in [4.78, 5) is 0. The van der Waals surface area contributed by atoms with Gasteiger partial charge in [-0.3, -0.25) is 0 Å². The third kappa shape index (κ3) is 1.72. The molecule has 78 valence electrons. The number of benzene rings is 1. The van der Waals surface area contributed by atoms with Crippen LogP contribution in [0.3, 0.4) is 0 Å². The third-order valence-electron chi connectivity index (χ3n) is 3.53. The number of fused-ring (bicyclic) bond motifs is 1. The molecule has 1 heterocycles. The van der Waals surface area contributed by atoms with Crippen molar-refractivity contribution in [3.05, 3.63) is 48.0 Å². The lowest BCUT2D eigenvalue weighted by Gasteiger charge is -2.17. The predicted molar refractivity (Wildman–Crippen MR) is 60.6 cm³/mol. The highest BCUT2D eigenvalue weighted by Gasteiger charge is 2.36. The van der Waals surface area contributed by atoms with E-state index in [4.69, 9.17) is 4.74 Å². The van der Waals surface area contributed by atoms with Crippen molar-refractivity contribution in [3.63, 3.8) is 0 Å². The average molecular weight is 200 g/mol. The second-order valence-corrected chi connectivity index (χ2v) is 4.53. The largest absolute Gasteiger partial charge is 0.377 e. The van der Waals surface area contributed by atoms with Crippen molar-refractivity contribution in [1.82, 2.24) is 0 Å². The summed E-state index contributed by atoms with van der Waals surface area (Å²) in [7, 11) is 0. The van der Waals surface area contributed by atoms with Gasteiger partial charge in [0.2, 0.25) is 0 Å². The summed E-state index contributed by atoms with van der Waals surface area (Å²) >= 11 is 0. The first-order chi connectivity index (χ1) is 7.43. The molecule has 3 rings (SSSR count). The summed E-state index contributed by atoms with van der Waals surface area (Å²) in [6.07, 6.45) is 7.50. The van der Waals surface area contributed by atoms with Gasteiger partial charge < -0.3 is 4.74 Å². The molecule has 1 aliphatic carbocycles. The fourth-order valence-electron chi connectivity index (χ4n) is 2.74. The Labute approximate surface area is 90.8 Å². The molecule has 0 radical (unpaired) electrons. The lowest BCUT2D eigenvalue weighted by molar-refractivity contribution is 0.0736. The van der Waals surface area contributed by atoms with E-state index in [2.05, 4.69) is 42.5 Å². The van der Waals surface area contributed by atoms with Crippen molar-refractivity contribution < 1.29 is 4.74 Å². The maximum Gasteiger partial charge on any atom is 0.0704 e. The highest BCUT2D eigenvalue weighted by molar-refractivity contribution is 5.19. The number of ether oxygens (including phenoxy) is 1. The van der Waals surface area contributed by atoms with E-state index in [-0.39, 0.29) is 0 Å². The van der Waals surface area contributed by atoms with E-state index in [1.807, 2.05) is 0 Å². The summed E-state index contributed by atoms with van der Waals surface area (Å²) < 4.78 is 5.80. The van der Waals surface area contributed by atoms with Gasteiger partial charge >= 0.3 is 0 Å². The summed E-state index contributed by atoms with van der Waals surface area (Å²) in [5.74, 6) is 1.29. The van der Waals surface area contributed by atoms with Crippen molar-refractivity contribution in [1.29, 1.82) is 0 Å². The van der Waals surface area contributed by atoms with Crippen LogP contribution < -0.4 is 0 Å². The fraction of sp³-hybridized carbons (Fsp3) is 0.429. The first-order valence-corrected chi connectivity index (χ1v) is 5.77. The first-order valence-electron chi connectivity index (χ1n) is 5.77. The lowest BCUT2D eigenvalue weighted by atomic mass is 9.93. The Morgan fingerprint density at radius 1 is 1.13 bits per heavy atom. The minimum atomic E-state index is 0.463. The van der Waals surface area contributed by atoms with Crippen LogP contribution in [-0.2, 0) is 11.2 Å². The molecule has 1 heteroatoms. The highest BCUT2D eigenvalue weighted by atomic mass is 16.5. The van der Waals surface area contributed by atoms with Crippen LogP contribution in [0.1, 0.15) is 12.0 Å². The molecule has 1 fully saturated rings. The first kappa shape index (κ1) is 9.17. The molecule has 2 aliphatic rings. The van der Waals surface area contributed by atoms with E-state index in [1.54, 1.807) is 0 Å². The average Bonchev–Trinajstić information content (AvgIpc) is 2.85. The van der Waals surface area contributed by atoms with Crippen LogP contribution in [0.15, 0.2) is 42.5 Å². The number of rotatable bonds is 2. The summed E-state index contributed by atoms with van der Waals surface area (Å²) in [6.45, 7) is 0.949. The normalized spacial score (nSPS) is 33.2. The quantitative estimate of drug-likeness (QED) is 0.667. The molecule has 0 N–H and O–H groups in total. The predicted octanol–water partition coefficient (Wildman–Crippen LogP) is 2.82. The Morgan fingerprint density at radius 3 is 2.87 bits per heavy atom. The molecule has 0 saturated carbocycles. The molecule has 1 aliphatic heterocycles. The van der Waals surface area contributed by atoms with Crippen LogP contribution in [0, 0.1) is 11.8 Å². The van der Waals surface area contributed by atoms with Gasteiger partial charge in [0.25, 0.3) is 0 Å². The Bertz CT molecular complexity index is 355. The topological polar surface area (TPSA) is 9.23 Å². The second kappa shape index (κ2) is 3.82. The molecule has 0 amide bonds. The van der Waals surface area contributed by atoms with Crippen molar-refractivity contribution in [2.24, 2.45) is 11.8 Å². The smallest absolute Gasteiger partial charge is 0.0704 e. The zero-order valence-corrected chi connectivity index (χ0v) is 8.80. The van der Waals surface area contributed by atoms with Gasteiger partial charge in [-0.05, 0) is 18.4 Å². The molecule has 0 aromatic heterocycles. The molecule has 3 unspecified atom stereocenters. The van der Waals surface area contributed by atoms with Crippen molar-refractivity contribution >= 4 is 0 Å². The summed E-state index contributed by atoms with van der Waals surface area (Å²) in [5.41, 5.74) is 1.42. The third-order valence-corrected chi connectivity index (χ3v) is 3.53. The Balaban J connectivity index is 1.72. The van der Waals surface area contributed by atoms with Gasteiger partial charge in [0.1, 0.15) is 0 Å². The van der Waals surface area contributed by atoms with Gasteiger partial charge in [0.05, 0.1) is 6.10 Å². The summed E-state index contributed by atoms with van der Waals surface area (Å²) in [6, 6.07) is 10.7.